The highest BCUT2D eigenvalue weighted by molar-refractivity contribution is 6.58. The van der Waals surface area contributed by atoms with Gasteiger partial charge in [-0.05, 0) is 55.4 Å². The predicted octanol–water partition coefficient (Wildman–Crippen LogP) is 1.71. The van der Waals surface area contributed by atoms with Crippen molar-refractivity contribution in [2.75, 3.05) is 4.90 Å². The van der Waals surface area contributed by atoms with E-state index in [4.69, 9.17) is 0 Å². The van der Waals surface area contributed by atoms with Crippen LogP contribution in [0.2, 0.25) is 0 Å². The molecule has 0 spiro atoms. The van der Waals surface area contributed by atoms with Crippen molar-refractivity contribution in [3.05, 3.63) is 88.5 Å². The molecule has 1 saturated heterocycles. The van der Waals surface area contributed by atoms with Crippen LogP contribution >= 0.6 is 0 Å². The van der Waals surface area contributed by atoms with E-state index in [-0.39, 0.29) is 47.2 Å². The SMILES string of the molecule is CC1=CC(=O)C2=C(C1=O)[C@@H](c1ccccc1O)C1=CC[C@@H]3C(=O)N(c4cccc(B(O)O)c4)C(=O)[C@@H]3[C@@H]1C2. The molecule has 9 heteroatoms. The maximum Gasteiger partial charge on any atom is 0.488 e. The van der Waals surface area contributed by atoms with Gasteiger partial charge < -0.3 is 15.2 Å². The molecule has 0 bridgehead atoms. The fraction of sp³-hybridized carbons (Fsp3) is 0.241. The van der Waals surface area contributed by atoms with Crippen LogP contribution < -0.4 is 10.4 Å². The number of anilines is 1. The average molecular weight is 509 g/mol. The Morgan fingerprint density at radius 1 is 0.947 bits per heavy atom. The lowest BCUT2D eigenvalue weighted by atomic mass is 9.59. The van der Waals surface area contributed by atoms with Crippen LogP contribution in [0.3, 0.4) is 0 Å². The number of hydrogen-bond donors (Lipinski definition) is 3. The summed E-state index contributed by atoms with van der Waals surface area (Å²) < 4.78 is 0. The molecule has 0 aromatic heterocycles. The van der Waals surface area contributed by atoms with Crippen LogP contribution in [0.4, 0.5) is 5.69 Å². The number of amides is 2. The second-order valence-electron chi connectivity index (χ2n) is 10.3. The van der Waals surface area contributed by atoms with Crippen LogP contribution in [0.5, 0.6) is 5.75 Å². The number of phenols is 1. The molecule has 4 atom stereocenters. The number of ketones is 2. The summed E-state index contributed by atoms with van der Waals surface area (Å²) >= 11 is 0. The number of imide groups is 1. The number of phenolic OH excluding ortho intramolecular Hbond substituents is 1. The highest BCUT2D eigenvalue weighted by Crippen LogP contribution is 2.56. The van der Waals surface area contributed by atoms with Gasteiger partial charge in [-0.25, -0.2) is 0 Å². The molecule has 4 aliphatic rings. The summed E-state index contributed by atoms with van der Waals surface area (Å²) in [5.41, 5.74) is 2.60. The molecule has 38 heavy (non-hydrogen) atoms. The molecule has 190 valence electrons. The normalized spacial score (nSPS) is 26.6. The first-order chi connectivity index (χ1) is 18.2. The molecular formula is C29H24BNO7. The fourth-order valence-corrected chi connectivity index (χ4v) is 6.53. The van der Waals surface area contributed by atoms with Crippen LogP contribution in [0, 0.1) is 17.8 Å². The van der Waals surface area contributed by atoms with Gasteiger partial charge in [0, 0.05) is 28.2 Å². The van der Waals surface area contributed by atoms with E-state index in [0.29, 0.717) is 22.3 Å². The molecule has 3 aliphatic carbocycles. The molecule has 0 unspecified atom stereocenters. The van der Waals surface area contributed by atoms with Gasteiger partial charge in [0.15, 0.2) is 11.6 Å². The Kier molecular flexibility index (Phi) is 5.59. The molecule has 0 radical (unpaired) electrons. The summed E-state index contributed by atoms with van der Waals surface area (Å²) in [4.78, 5) is 55.0. The number of allylic oxidation sites excluding steroid dienone is 6. The van der Waals surface area contributed by atoms with Gasteiger partial charge >= 0.3 is 7.12 Å². The van der Waals surface area contributed by atoms with Crippen LogP contribution in [-0.2, 0) is 19.2 Å². The van der Waals surface area contributed by atoms with Crippen molar-refractivity contribution in [2.45, 2.75) is 25.7 Å². The zero-order valence-corrected chi connectivity index (χ0v) is 20.5. The Hall–Kier alpha value is -4.08. The first-order valence-corrected chi connectivity index (χ1v) is 12.5. The molecule has 1 heterocycles. The fourth-order valence-electron chi connectivity index (χ4n) is 6.53. The summed E-state index contributed by atoms with van der Waals surface area (Å²) in [7, 11) is -1.76. The molecule has 2 amide bonds. The zero-order valence-electron chi connectivity index (χ0n) is 20.5. The van der Waals surface area contributed by atoms with Crippen molar-refractivity contribution in [1.82, 2.24) is 0 Å². The van der Waals surface area contributed by atoms with Crippen molar-refractivity contribution in [3.8, 4) is 5.75 Å². The van der Waals surface area contributed by atoms with E-state index in [1.54, 1.807) is 37.3 Å². The Morgan fingerprint density at radius 2 is 1.71 bits per heavy atom. The number of nitrogens with zero attached hydrogens (tertiary/aromatic N) is 1. The van der Waals surface area contributed by atoms with E-state index in [1.165, 1.54) is 24.3 Å². The number of rotatable bonds is 3. The predicted molar refractivity (Wildman–Crippen MR) is 138 cm³/mol. The van der Waals surface area contributed by atoms with E-state index in [9.17, 15) is 34.3 Å². The van der Waals surface area contributed by atoms with E-state index >= 15 is 0 Å². The van der Waals surface area contributed by atoms with Gasteiger partial charge in [0.1, 0.15) is 5.75 Å². The minimum atomic E-state index is -1.76. The third-order valence-electron chi connectivity index (χ3n) is 8.24. The molecule has 2 aromatic carbocycles. The Balaban J connectivity index is 1.47. The van der Waals surface area contributed by atoms with Crippen molar-refractivity contribution in [3.63, 3.8) is 0 Å². The third-order valence-corrected chi connectivity index (χ3v) is 8.24. The number of fused-ring (bicyclic) bond motifs is 3. The van der Waals surface area contributed by atoms with Gasteiger partial charge in [-0.15, -0.1) is 0 Å². The minimum Gasteiger partial charge on any atom is -0.508 e. The van der Waals surface area contributed by atoms with Gasteiger partial charge in [-0.2, -0.15) is 0 Å². The molecule has 2 aromatic rings. The number of hydrogen-bond acceptors (Lipinski definition) is 7. The second kappa shape index (κ2) is 8.75. The Labute approximate surface area is 218 Å². The number of benzene rings is 2. The van der Waals surface area contributed by atoms with Gasteiger partial charge in [-0.3, -0.25) is 24.1 Å². The van der Waals surface area contributed by atoms with Gasteiger partial charge in [0.05, 0.1) is 17.5 Å². The van der Waals surface area contributed by atoms with Crippen LogP contribution in [0.25, 0.3) is 0 Å². The first kappa shape index (κ1) is 24.3. The number of Topliss-reactive ketones (excluding diaryl/α,β-unsaturated/α-hetero) is 1. The maximum absolute atomic E-state index is 13.9. The maximum atomic E-state index is 13.9. The molecule has 6 rings (SSSR count). The number of para-hydroxylation sites is 1. The lowest BCUT2D eigenvalue weighted by Gasteiger charge is -2.42. The largest absolute Gasteiger partial charge is 0.508 e. The average Bonchev–Trinajstić information content (AvgIpc) is 3.16. The van der Waals surface area contributed by atoms with E-state index in [2.05, 4.69) is 0 Å². The quantitative estimate of drug-likeness (QED) is 0.248. The number of aromatic hydroxyl groups is 1. The van der Waals surface area contributed by atoms with Crippen molar-refractivity contribution in [2.24, 2.45) is 17.8 Å². The van der Waals surface area contributed by atoms with E-state index < -0.39 is 36.7 Å². The molecular weight excluding hydrogens is 485 g/mol. The third kappa shape index (κ3) is 3.46. The molecule has 0 saturated carbocycles. The number of carbonyl (C=O) groups excluding carboxylic acids is 4. The summed E-state index contributed by atoms with van der Waals surface area (Å²) in [6.45, 7) is 1.60. The monoisotopic (exact) mass is 509 g/mol. The standard InChI is InChI=1S/C29H24BNO7/c1-14-11-23(33)21-13-20-17(24(26(21)27(14)34)18-7-2-3-8-22(18)32)9-10-19-25(20)29(36)31(28(19)35)16-6-4-5-15(12-16)30(37)38/h2-9,11-12,19-20,24-25,32,37-38H,10,13H2,1H3/t19-,20+,24+,25-/m0/s1. The summed E-state index contributed by atoms with van der Waals surface area (Å²) in [5, 5.41) is 29.9. The van der Waals surface area contributed by atoms with Crippen molar-refractivity contribution < 1.29 is 34.3 Å². The van der Waals surface area contributed by atoms with Gasteiger partial charge in [0.25, 0.3) is 0 Å². The highest BCUT2D eigenvalue weighted by Gasteiger charge is 2.56. The zero-order chi connectivity index (χ0) is 26.9. The van der Waals surface area contributed by atoms with Gasteiger partial charge in [0.2, 0.25) is 11.8 Å². The molecule has 3 N–H and O–H groups in total. The lowest BCUT2D eigenvalue weighted by Crippen LogP contribution is -2.40. The Bertz CT molecular complexity index is 1530. The summed E-state index contributed by atoms with van der Waals surface area (Å²) in [6.07, 6.45) is 3.62. The molecule has 1 aliphatic heterocycles. The lowest BCUT2D eigenvalue weighted by molar-refractivity contribution is -0.123. The Morgan fingerprint density at radius 3 is 2.45 bits per heavy atom. The van der Waals surface area contributed by atoms with Gasteiger partial charge in [-0.1, -0.05) is 42.0 Å². The van der Waals surface area contributed by atoms with Crippen molar-refractivity contribution in [1.29, 1.82) is 0 Å². The van der Waals surface area contributed by atoms with E-state index in [1.807, 2.05) is 6.08 Å². The van der Waals surface area contributed by atoms with E-state index in [0.717, 1.165) is 10.5 Å². The smallest absolute Gasteiger partial charge is 0.488 e. The number of carbonyl (C=O) groups is 4. The first-order valence-electron chi connectivity index (χ1n) is 12.5. The van der Waals surface area contributed by atoms with Crippen LogP contribution in [0.15, 0.2) is 83.0 Å². The second-order valence-corrected chi connectivity index (χ2v) is 10.3. The van der Waals surface area contributed by atoms with Crippen LogP contribution in [-0.4, -0.2) is 45.7 Å². The highest BCUT2D eigenvalue weighted by atomic mass is 16.4. The minimum absolute atomic E-state index is 0.0182. The summed E-state index contributed by atoms with van der Waals surface area (Å²) in [6, 6.07) is 12.7. The summed E-state index contributed by atoms with van der Waals surface area (Å²) in [5.74, 6) is -4.04. The topological polar surface area (TPSA) is 132 Å². The van der Waals surface area contributed by atoms with Crippen molar-refractivity contribution >= 4 is 41.6 Å². The van der Waals surface area contributed by atoms with Crippen LogP contribution in [0.1, 0.15) is 31.2 Å². The molecule has 8 nitrogen and oxygen atoms in total. The molecule has 1 fully saturated rings.